The summed E-state index contributed by atoms with van der Waals surface area (Å²) in [6.07, 6.45) is 0.839. The summed E-state index contributed by atoms with van der Waals surface area (Å²) >= 11 is 3.41. The molecule has 0 unspecified atom stereocenters. The molecule has 1 aromatic rings. The Balaban J connectivity index is 0.00000180. The molecule has 0 spiro atoms. The van der Waals surface area contributed by atoms with Crippen LogP contribution in [-0.2, 0) is 16.0 Å². The van der Waals surface area contributed by atoms with Crippen molar-refractivity contribution in [2.45, 2.75) is 6.42 Å². The number of benzene rings is 1. The fourth-order valence-corrected chi connectivity index (χ4v) is 2.38. The SMILES string of the molecule is Cl.NCC(=O)NCC(=O)N1CCc2cc(Br)ccc21. The molecule has 1 aliphatic heterocycles. The van der Waals surface area contributed by atoms with Crippen LogP contribution in [0.5, 0.6) is 0 Å². The molecule has 7 heteroatoms. The first kappa shape index (κ1) is 15.9. The number of carbonyl (C=O) groups is 2. The number of hydrogen-bond donors (Lipinski definition) is 2. The molecule has 2 rings (SSSR count). The molecular formula is C12H15BrClN3O2. The minimum absolute atomic E-state index is 0. The Morgan fingerprint density at radius 2 is 2.16 bits per heavy atom. The molecule has 0 aromatic heterocycles. The number of nitrogens with one attached hydrogen (secondary N) is 1. The molecule has 1 aromatic carbocycles. The van der Waals surface area contributed by atoms with Gasteiger partial charge >= 0.3 is 0 Å². The van der Waals surface area contributed by atoms with Crippen LogP contribution in [0, 0.1) is 0 Å². The summed E-state index contributed by atoms with van der Waals surface area (Å²) in [5.74, 6) is -0.434. The lowest BCUT2D eigenvalue weighted by atomic mass is 10.2. The van der Waals surface area contributed by atoms with Crippen LogP contribution in [0.2, 0.25) is 0 Å². The number of amides is 2. The monoisotopic (exact) mass is 347 g/mol. The molecule has 2 amide bonds. The molecule has 0 saturated carbocycles. The van der Waals surface area contributed by atoms with E-state index in [1.807, 2.05) is 18.2 Å². The Hall–Kier alpha value is -1.11. The lowest BCUT2D eigenvalue weighted by molar-refractivity contribution is -0.124. The van der Waals surface area contributed by atoms with Crippen LogP contribution in [0.25, 0.3) is 0 Å². The fraction of sp³-hybridized carbons (Fsp3) is 0.333. The maximum Gasteiger partial charge on any atom is 0.246 e. The van der Waals surface area contributed by atoms with Gasteiger partial charge in [0.15, 0.2) is 0 Å². The van der Waals surface area contributed by atoms with Crippen molar-refractivity contribution in [3.05, 3.63) is 28.2 Å². The Morgan fingerprint density at radius 3 is 2.84 bits per heavy atom. The van der Waals surface area contributed by atoms with Gasteiger partial charge in [-0.25, -0.2) is 0 Å². The maximum atomic E-state index is 12.0. The predicted molar refractivity (Wildman–Crippen MR) is 79.5 cm³/mol. The highest BCUT2D eigenvalue weighted by Gasteiger charge is 2.24. The first-order valence-corrected chi connectivity index (χ1v) is 6.46. The third-order valence-electron chi connectivity index (χ3n) is 2.86. The molecular weight excluding hydrogens is 334 g/mol. The second-order valence-corrected chi connectivity index (χ2v) is 4.96. The zero-order valence-corrected chi connectivity index (χ0v) is 12.6. The van der Waals surface area contributed by atoms with Gasteiger partial charge in [0.05, 0.1) is 13.1 Å². The van der Waals surface area contributed by atoms with Gasteiger partial charge in [-0.3, -0.25) is 9.59 Å². The molecule has 0 bridgehead atoms. The third kappa shape index (κ3) is 3.68. The zero-order chi connectivity index (χ0) is 13.1. The van der Waals surface area contributed by atoms with Crippen LogP contribution >= 0.6 is 28.3 Å². The Bertz CT molecular complexity index is 496. The molecule has 1 aliphatic rings. The van der Waals surface area contributed by atoms with Gasteiger partial charge in [0, 0.05) is 16.7 Å². The van der Waals surface area contributed by atoms with E-state index in [-0.39, 0.29) is 37.3 Å². The van der Waals surface area contributed by atoms with Crippen molar-refractivity contribution in [2.75, 3.05) is 24.5 Å². The largest absolute Gasteiger partial charge is 0.346 e. The second-order valence-electron chi connectivity index (χ2n) is 4.05. The molecule has 5 nitrogen and oxygen atoms in total. The van der Waals surface area contributed by atoms with E-state index in [0.717, 1.165) is 22.1 Å². The van der Waals surface area contributed by atoms with Crippen LogP contribution in [0.15, 0.2) is 22.7 Å². The van der Waals surface area contributed by atoms with Gasteiger partial charge in [0.2, 0.25) is 11.8 Å². The molecule has 19 heavy (non-hydrogen) atoms. The van der Waals surface area contributed by atoms with Crippen molar-refractivity contribution < 1.29 is 9.59 Å². The van der Waals surface area contributed by atoms with Crippen molar-refractivity contribution in [3.63, 3.8) is 0 Å². The minimum atomic E-state index is -0.321. The van der Waals surface area contributed by atoms with Crippen molar-refractivity contribution in [1.29, 1.82) is 0 Å². The Kier molecular flexibility index (Phi) is 5.78. The first-order chi connectivity index (χ1) is 8.61. The summed E-state index contributed by atoms with van der Waals surface area (Å²) in [5, 5.41) is 2.49. The molecule has 1 heterocycles. The van der Waals surface area contributed by atoms with Gasteiger partial charge < -0.3 is 16.0 Å². The zero-order valence-electron chi connectivity index (χ0n) is 10.2. The second kappa shape index (κ2) is 6.88. The van der Waals surface area contributed by atoms with Gasteiger partial charge in [0.1, 0.15) is 0 Å². The molecule has 0 saturated heterocycles. The van der Waals surface area contributed by atoms with Crippen molar-refractivity contribution in [3.8, 4) is 0 Å². The number of carbonyl (C=O) groups excluding carboxylic acids is 2. The maximum absolute atomic E-state index is 12.0. The first-order valence-electron chi connectivity index (χ1n) is 5.67. The van der Waals surface area contributed by atoms with Crippen LogP contribution < -0.4 is 16.0 Å². The van der Waals surface area contributed by atoms with E-state index in [1.54, 1.807) is 4.90 Å². The van der Waals surface area contributed by atoms with E-state index < -0.39 is 0 Å². The molecule has 0 radical (unpaired) electrons. The number of halogens is 2. The highest BCUT2D eigenvalue weighted by Crippen LogP contribution is 2.30. The number of anilines is 1. The lowest BCUT2D eigenvalue weighted by Gasteiger charge is -2.17. The van der Waals surface area contributed by atoms with Crippen molar-refractivity contribution in [2.24, 2.45) is 5.73 Å². The lowest BCUT2D eigenvalue weighted by Crippen LogP contribution is -2.41. The third-order valence-corrected chi connectivity index (χ3v) is 3.35. The summed E-state index contributed by atoms with van der Waals surface area (Å²) in [4.78, 5) is 24.7. The van der Waals surface area contributed by atoms with Gasteiger partial charge in [-0.1, -0.05) is 15.9 Å². The fourth-order valence-electron chi connectivity index (χ4n) is 1.97. The number of nitrogens with two attached hydrogens (primary N) is 1. The van der Waals surface area contributed by atoms with Crippen LogP contribution in [0.4, 0.5) is 5.69 Å². The highest BCUT2D eigenvalue weighted by atomic mass is 79.9. The van der Waals surface area contributed by atoms with Gasteiger partial charge in [0.25, 0.3) is 0 Å². The van der Waals surface area contributed by atoms with Crippen LogP contribution in [-0.4, -0.2) is 31.4 Å². The average molecular weight is 349 g/mol. The summed E-state index contributed by atoms with van der Waals surface area (Å²) in [6.45, 7) is 0.547. The molecule has 0 aliphatic carbocycles. The highest BCUT2D eigenvalue weighted by molar-refractivity contribution is 9.10. The standard InChI is InChI=1S/C12H14BrN3O2.ClH/c13-9-1-2-10-8(5-9)3-4-16(10)12(18)7-15-11(17)6-14;/h1-2,5H,3-4,6-7,14H2,(H,15,17);1H. The molecule has 0 fully saturated rings. The summed E-state index contributed by atoms with van der Waals surface area (Å²) in [6, 6.07) is 5.83. The number of nitrogens with zero attached hydrogens (tertiary/aromatic N) is 1. The number of fused-ring (bicyclic) bond motifs is 1. The molecule has 0 atom stereocenters. The van der Waals surface area contributed by atoms with E-state index in [0.29, 0.717) is 6.54 Å². The summed E-state index contributed by atoms with van der Waals surface area (Å²) < 4.78 is 1.01. The summed E-state index contributed by atoms with van der Waals surface area (Å²) in [7, 11) is 0. The normalized spacial score (nSPS) is 12.6. The average Bonchev–Trinajstić information content (AvgIpc) is 2.78. The van der Waals surface area contributed by atoms with E-state index in [1.165, 1.54) is 0 Å². The predicted octanol–water partition coefficient (Wildman–Crippen LogP) is 0.835. The van der Waals surface area contributed by atoms with E-state index in [2.05, 4.69) is 21.2 Å². The molecule has 3 N–H and O–H groups in total. The number of rotatable bonds is 3. The quantitative estimate of drug-likeness (QED) is 0.850. The molecule has 104 valence electrons. The van der Waals surface area contributed by atoms with Crippen molar-refractivity contribution >= 4 is 45.8 Å². The van der Waals surface area contributed by atoms with Crippen LogP contribution in [0.1, 0.15) is 5.56 Å². The van der Waals surface area contributed by atoms with Crippen molar-refractivity contribution in [1.82, 2.24) is 5.32 Å². The van der Waals surface area contributed by atoms with E-state index >= 15 is 0 Å². The number of hydrogen-bond acceptors (Lipinski definition) is 3. The Morgan fingerprint density at radius 1 is 1.42 bits per heavy atom. The Labute approximate surface area is 126 Å². The topological polar surface area (TPSA) is 75.4 Å². The van der Waals surface area contributed by atoms with Gasteiger partial charge in [-0.05, 0) is 30.2 Å². The van der Waals surface area contributed by atoms with E-state index in [9.17, 15) is 9.59 Å². The van der Waals surface area contributed by atoms with E-state index in [4.69, 9.17) is 5.73 Å². The van der Waals surface area contributed by atoms with Gasteiger partial charge in [-0.2, -0.15) is 0 Å². The summed E-state index contributed by atoms with van der Waals surface area (Å²) in [5.41, 5.74) is 7.23. The van der Waals surface area contributed by atoms with Crippen LogP contribution in [0.3, 0.4) is 0 Å². The smallest absolute Gasteiger partial charge is 0.246 e. The minimum Gasteiger partial charge on any atom is -0.346 e. The van der Waals surface area contributed by atoms with Gasteiger partial charge in [-0.15, -0.1) is 12.4 Å².